The summed E-state index contributed by atoms with van der Waals surface area (Å²) in [5.41, 5.74) is 1.54. The van der Waals surface area contributed by atoms with Crippen molar-refractivity contribution in [2.45, 2.75) is 57.1 Å². The van der Waals surface area contributed by atoms with Gasteiger partial charge in [0.1, 0.15) is 5.75 Å². The molecule has 1 aromatic carbocycles. The Hall–Kier alpha value is -1.02. The molecule has 1 heterocycles. The third kappa shape index (κ3) is 2.69. The van der Waals surface area contributed by atoms with Crippen LogP contribution in [0.1, 0.15) is 51.0 Å². The largest absolute Gasteiger partial charge is 0.490 e. The van der Waals surface area contributed by atoms with E-state index in [1.54, 1.807) is 0 Å². The molecule has 1 saturated heterocycles. The maximum atomic E-state index is 5.80. The van der Waals surface area contributed by atoms with Gasteiger partial charge in [0.25, 0.3) is 0 Å². The first-order chi connectivity index (χ1) is 8.76. The molecule has 1 N–H and O–H groups in total. The van der Waals surface area contributed by atoms with Crippen LogP contribution in [0.4, 0.5) is 0 Å². The van der Waals surface area contributed by atoms with Gasteiger partial charge in [0.05, 0.1) is 6.10 Å². The second-order valence-electron chi connectivity index (χ2n) is 5.91. The maximum Gasteiger partial charge on any atom is 0.119 e. The van der Waals surface area contributed by atoms with Gasteiger partial charge in [0, 0.05) is 5.54 Å². The van der Waals surface area contributed by atoms with E-state index in [2.05, 4.69) is 36.5 Å². The monoisotopic (exact) mass is 245 g/mol. The second-order valence-corrected chi connectivity index (χ2v) is 5.91. The molecule has 0 spiro atoms. The number of hydrogen-bond acceptors (Lipinski definition) is 2. The minimum absolute atomic E-state index is 0.147. The fourth-order valence-electron chi connectivity index (χ4n) is 2.76. The highest BCUT2D eigenvalue weighted by atomic mass is 16.5. The van der Waals surface area contributed by atoms with E-state index in [0.29, 0.717) is 6.10 Å². The number of rotatable bonds is 3. The molecule has 98 valence electrons. The number of benzene rings is 1. The molecule has 1 aromatic rings. The third-order valence-corrected chi connectivity index (χ3v) is 4.19. The summed E-state index contributed by atoms with van der Waals surface area (Å²) < 4.78 is 5.80. The van der Waals surface area contributed by atoms with Crippen LogP contribution in [0.5, 0.6) is 5.75 Å². The number of hydrogen-bond donors (Lipinski definition) is 1. The molecule has 1 aliphatic heterocycles. The van der Waals surface area contributed by atoms with Crippen molar-refractivity contribution in [3.63, 3.8) is 0 Å². The lowest BCUT2D eigenvalue weighted by atomic mass is 9.87. The first-order valence-electron chi connectivity index (χ1n) is 7.28. The van der Waals surface area contributed by atoms with Gasteiger partial charge in [-0.2, -0.15) is 0 Å². The molecular formula is C16H23NO. The Morgan fingerprint density at radius 2 is 1.89 bits per heavy atom. The number of ether oxygens (including phenoxy) is 1. The third-order valence-electron chi connectivity index (χ3n) is 4.19. The molecule has 0 radical (unpaired) electrons. The van der Waals surface area contributed by atoms with Gasteiger partial charge < -0.3 is 10.1 Å². The van der Waals surface area contributed by atoms with Gasteiger partial charge >= 0.3 is 0 Å². The van der Waals surface area contributed by atoms with Crippen LogP contribution in [-0.2, 0) is 5.54 Å². The van der Waals surface area contributed by atoms with Crippen molar-refractivity contribution in [2.75, 3.05) is 6.54 Å². The van der Waals surface area contributed by atoms with Crippen molar-refractivity contribution in [3.05, 3.63) is 29.8 Å². The Kier molecular flexibility index (Phi) is 3.29. The Morgan fingerprint density at radius 1 is 1.11 bits per heavy atom. The van der Waals surface area contributed by atoms with Gasteiger partial charge in [0.15, 0.2) is 0 Å². The maximum absolute atomic E-state index is 5.80. The zero-order chi connectivity index (χ0) is 12.4. The van der Waals surface area contributed by atoms with Crippen LogP contribution in [0.25, 0.3) is 0 Å². The van der Waals surface area contributed by atoms with Crippen molar-refractivity contribution in [3.8, 4) is 5.75 Å². The summed E-state index contributed by atoms with van der Waals surface area (Å²) >= 11 is 0. The highest BCUT2D eigenvalue weighted by Crippen LogP contribution is 2.32. The van der Waals surface area contributed by atoms with Crippen molar-refractivity contribution in [1.29, 1.82) is 0 Å². The average molecular weight is 245 g/mol. The smallest absolute Gasteiger partial charge is 0.119 e. The molecule has 1 unspecified atom stereocenters. The van der Waals surface area contributed by atoms with Crippen molar-refractivity contribution < 1.29 is 4.74 Å². The van der Waals surface area contributed by atoms with Gasteiger partial charge in [-0.3, -0.25) is 0 Å². The fourth-order valence-corrected chi connectivity index (χ4v) is 2.76. The topological polar surface area (TPSA) is 21.3 Å². The molecule has 1 atom stereocenters. The highest BCUT2D eigenvalue weighted by molar-refractivity contribution is 5.32. The van der Waals surface area contributed by atoms with Gasteiger partial charge in [-0.1, -0.05) is 25.0 Å². The quantitative estimate of drug-likeness (QED) is 0.878. The lowest BCUT2D eigenvalue weighted by Crippen LogP contribution is -2.38. The molecule has 2 heteroatoms. The standard InChI is InChI=1S/C16H23NO/c1-16(11-3-2-4-12-17-16)13-5-7-14(8-6-13)18-15-9-10-15/h5-8,15,17H,2-4,9-12H2,1H3. The molecule has 1 aliphatic carbocycles. The zero-order valence-electron chi connectivity index (χ0n) is 11.2. The molecule has 0 amide bonds. The average Bonchev–Trinajstić information content (AvgIpc) is 3.19. The summed E-state index contributed by atoms with van der Waals surface area (Å²) in [5.74, 6) is 1.03. The van der Waals surface area contributed by atoms with Crippen LogP contribution < -0.4 is 10.1 Å². The molecule has 2 aliphatic rings. The molecule has 3 rings (SSSR count). The predicted molar refractivity (Wildman–Crippen MR) is 73.9 cm³/mol. The molecule has 0 aromatic heterocycles. The van der Waals surface area contributed by atoms with E-state index in [0.717, 1.165) is 12.3 Å². The molecule has 18 heavy (non-hydrogen) atoms. The summed E-state index contributed by atoms with van der Waals surface area (Å²) in [4.78, 5) is 0. The van der Waals surface area contributed by atoms with E-state index in [4.69, 9.17) is 4.74 Å². The van der Waals surface area contributed by atoms with Crippen LogP contribution in [0, 0.1) is 0 Å². The number of nitrogens with one attached hydrogen (secondary N) is 1. The van der Waals surface area contributed by atoms with Gasteiger partial charge in [-0.25, -0.2) is 0 Å². The molecule has 1 saturated carbocycles. The predicted octanol–water partition coefficient (Wildman–Crippen LogP) is 3.61. The summed E-state index contributed by atoms with van der Waals surface area (Å²) in [5, 5.41) is 3.71. The normalized spacial score (nSPS) is 28.7. The van der Waals surface area contributed by atoms with Crippen molar-refractivity contribution in [1.82, 2.24) is 5.32 Å². The Bertz CT molecular complexity index is 386. The second kappa shape index (κ2) is 4.93. The molecule has 2 fully saturated rings. The van der Waals surface area contributed by atoms with E-state index in [9.17, 15) is 0 Å². The lowest BCUT2D eigenvalue weighted by molar-refractivity contribution is 0.302. The Labute approximate surface area is 110 Å². The van der Waals surface area contributed by atoms with Gasteiger partial charge in [0.2, 0.25) is 0 Å². The summed E-state index contributed by atoms with van der Waals surface area (Å²) in [6.07, 6.45) is 8.15. The van der Waals surface area contributed by atoms with Gasteiger partial charge in [-0.15, -0.1) is 0 Å². The van der Waals surface area contributed by atoms with Crippen LogP contribution in [0.15, 0.2) is 24.3 Å². The summed E-state index contributed by atoms with van der Waals surface area (Å²) in [6.45, 7) is 3.46. The molecule has 0 bridgehead atoms. The van der Waals surface area contributed by atoms with E-state index in [1.165, 1.54) is 44.1 Å². The minimum Gasteiger partial charge on any atom is -0.490 e. The minimum atomic E-state index is 0.147. The molecular weight excluding hydrogens is 222 g/mol. The lowest BCUT2D eigenvalue weighted by Gasteiger charge is -2.30. The van der Waals surface area contributed by atoms with E-state index < -0.39 is 0 Å². The first kappa shape index (κ1) is 12.0. The highest BCUT2D eigenvalue weighted by Gasteiger charge is 2.27. The van der Waals surface area contributed by atoms with Crippen LogP contribution in [0.3, 0.4) is 0 Å². The molecule has 2 nitrogen and oxygen atoms in total. The van der Waals surface area contributed by atoms with E-state index in [-0.39, 0.29) is 5.54 Å². The van der Waals surface area contributed by atoms with E-state index >= 15 is 0 Å². The van der Waals surface area contributed by atoms with Gasteiger partial charge in [-0.05, 0) is 56.8 Å². The van der Waals surface area contributed by atoms with Crippen molar-refractivity contribution >= 4 is 0 Å². The van der Waals surface area contributed by atoms with Crippen LogP contribution in [0.2, 0.25) is 0 Å². The van der Waals surface area contributed by atoms with Crippen LogP contribution in [-0.4, -0.2) is 12.6 Å². The van der Waals surface area contributed by atoms with Crippen LogP contribution >= 0.6 is 0 Å². The van der Waals surface area contributed by atoms with E-state index in [1.807, 2.05) is 0 Å². The zero-order valence-corrected chi connectivity index (χ0v) is 11.2. The summed E-state index contributed by atoms with van der Waals surface area (Å²) in [6, 6.07) is 8.73. The Morgan fingerprint density at radius 3 is 2.61 bits per heavy atom. The fraction of sp³-hybridized carbons (Fsp3) is 0.625. The first-order valence-corrected chi connectivity index (χ1v) is 7.28. The summed E-state index contributed by atoms with van der Waals surface area (Å²) in [7, 11) is 0. The Balaban J connectivity index is 1.73. The van der Waals surface area contributed by atoms with Crippen molar-refractivity contribution in [2.24, 2.45) is 0 Å². The SMILES string of the molecule is CC1(c2ccc(OC3CC3)cc2)CCCCCN1.